The van der Waals surface area contributed by atoms with Crippen molar-refractivity contribution in [2.24, 2.45) is 0 Å². The molecule has 2 rings (SSSR count). The van der Waals surface area contributed by atoms with E-state index in [9.17, 15) is 4.79 Å². The molecule has 16 heavy (non-hydrogen) atoms. The quantitative estimate of drug-likeness (QED) is 0.716. The Bertz CT molecular complexity index is 355. The number of likely N-dealkylation sites (tertiary alicyclic amines) is 1. The fraction of sp³-hybridized carbons (Fsp3) is 0.462. The van der Waals surface area contributed by atoms with Crippen LogP contribution in [-0.4, -0.2) is 30.8 Å². The molecule has 1 aromatic carbocycles. The Hall–Kier alpha value is -1.35. The molecule has 0 atom stereocenters. The maximum absolute atomic E-state index is 11.9. The van der Waals surface area contributed by atoms with Gasteiger partial charge in [-0.05, 0) is 0 Å². The number of nitrogens with zero attached hydrogens (tertiary/aromatic N) is 1. The van der Waals surface area contributed by atoms with E-state index in [4.69, 9.17) is 4.74 Å². The minimum Gasteiger partial charge on any atom is -0.423 e. The van der Waals surface area contributed by atoms with Crippen molar-refractivity contribution in [3.63, 3.8) is 0 Å². The Morgan fingerprint density at radius 3 is 2.44 bits per heavy atom. The molecular formula is C13H18NO2+. The molecule has 0 aromatic heterocycles. The zero-order valence-electron chi connectivity index (χ0n) is 9.69. The summed E-state index contributed by atoms with van der Waals surface area (Å²) in [6.45, 7) is 2.57. The van der Waals surface area contributed by atoms with E-state index in [0.717, 1.165) is 32.5 Å². The number of hydrogen-bond donors (Lipinski definition) is 0. The summed E-state index contributed by atoms with van der Waals surface area (Å²) in [7, 11) is 1.48. The molecule has 1 saturated heterocycles. The third kappa shape index (κ3) is 2.09. The Kier molecular flexibility index (Phi) is 3.25. The SMILES string of the molecule is COC(=O)[N+]1(Cc2ccccc2)CCCC1. The van der Waals surface area contributed by atoms with Crippen molar-refractivity contribution in [2.45, 2.75) is 19.4 Å². The number of ether oxygens (including phenoxy) is 1. The lowest BCUT2D eigenvalue weighted by Gasteiger charge is -2.29. The van der Waals surface area contributed by atoms with E-state index in [1.807, 2.05) is 18.2 Å². The van der Waals surface area contributed by atoms with Gasteiger partial charge in [0.05, 0.1) is 20.2 Å². The van der Waals surface area contributed by atoms with E-state index in [1.165, 1.54) is 12.7 Å². The molecule has 1 aromatic rings. The summed E-state index contributed by atoms with van der Waals surface area (Å²) in [5.74, 6) is 0. The number of quaternary nitrogens is 1. The van der Waals surface area contributed by atoms with Crippen LogP contribution >= 0.6 is 0 Å². The lowest BCUT2D eigenvalue weighted by atomic mass is 10.2. The average Bonchev–Trinajstić information content (AvgIpc) is 2.79. The average molecular weight is 220 g/mol. The first-order chi connectivity index (χ1) is 7.77. The first-order valence-corrected chi connectivity index (χ1v) is 5.75. The smallest absolute Gasteiger partial charge is 0.423 e. The molecular weight excluding hydrogens is 202 g/mol. The van der Waals surface area contributed by atoms with Crippen molar-refractivity contribution in [3.05, 3.63) is 35.9 Å². The van der Waals surface area contributed by atoms with Crippen molar-refractivity contribution in [3.8, 4) is 0 Å². The van der Waals surface area contributed by atoms with E-state index in [-0.39, 0.29) is 6.09 Å². The number of methoxy groups -OCH3 is 1. The van der Waals surface area contributed by atoms with Gasteiger partial charge in [-0.1, -0.05) is 30.3 Å². The number of carbonyl (C=O) groups is 1. The first-order valence-electron chi connectivity index (χ1n) is 5.75. The fourth-order valence-corrected chi connectivity index (χ4v) is 2.47. The second-order valence-electron chi connectivity index (χ2n) is 4.41. The predicted octanol–water partition coefficient (Wildman–Crippen LogP) is 2.56. The van der Waals surface area contributed by atoms with E-state index in [1.54, 1.807) is 0 Å². The summed E-state index contributed by atoms with van der Waals surface area (Å²) >= 11 is 0. The van der Waals surface area contributed by atoms with E-state index in [2.05, 4.69) is 12.1 Å². The normalized spacial score (nSPS) is 18.3. The topological polar surface area (TPSA) is 26.3 Å². The minimum absolute atomic E-state index is 0.0960. The minimum atomic E-state index is -0.0960. The van der Waals surface area contributed by atoms with Crippen LogP contribution in [0.1, 0.15) is 18.4 Å². The molecule has 0 bridgehead atoms. The monoisotopic (exact) mass is 220 g/mol. The van der Waals surface area contributed by atoms with Crippen LogP contribution in [-0.2, 0) is 11.3 Å². The fourth-order valence-electron chi connectivity index (χ4n) is 2.47. The number of amides is 1. The van der Waals surface area contributed by atoms with E-state index in [0.29, 0.717) is 4.48 Å². The van der Waals surface area contributed by atoms with Gasteiger partial charge in [0, 0.05) is 18.4 Å². The highest BCUT2D eigenvalue weighted by Crippen LogP contribution is 2.24. The third-order valence-corrected chi connectivity index (χ3v) is 3.31. The van der Waals surface area contributed by atoms with Gasteiger partial charge in [0.1, 0.15) is 6.54 Å². The number of hydrogen-bond acceptors (Lipinski definition) is 2. The Labute approximate surface area is 96.2 Å². The van der Waals surface area contributed by atoms with Crippen LogP contribution in [0.25, 0.3) is 0 Å². The van der Waals surface area contributed by atoms with E-state index < -0.39 is 0 Å². The molecule has 0 aliphatic carbocycles. The zero-order chi connectivity index (χ0) is 11.4. The molecule has 1 fully saturated rings. The van der Waals surface area contributed by atoms with Gasteiger partial charge in [-0.25, -0.2) is 4.48 Å². The largest absolute Gasteiger partial charge is 0.516 e. The van der Waals surface area contributed by atoms with Crippen molar-refractivity contribution in [2.75, 3.05) is 20.2 Å². The summed E-state index contributed by atoms with van der Waals surface area (Å²) in [5, 5.41) is 0. The maximum Gasteiger partial charge on any atom is 0.516 e. The van der Waals surface area contributed by atoms with Crippen LogP contribution in [0.2, 0.25) is 0 Å². The van der Waals surface area contributed by atoms with Gasteiger partial charge < -0.3 is 4.74 Å². The van der Waals surface area contributed by atoms with Gasteiger partial charge in [-0.2, -0.15) is 4.79 Å². The van der Waals surface area contributed by atoms with Gasteiger partial charge in [0.15, 0.2) is 0 Å². The molecule has 1 heterocycles. The van der Waals surface area contributed by atoms with Crippen LogP contribution in [0.4, 0.5) is 4.79 Å². The summed E-state index contributed by atoms with van der Waals surface area (Å²) in [5.41, 5.74) is 1.20. The number of benzene rings is 1. The Morgan fingerprint density at radius 1 is 1.25 bits per heavy atom. The maximum atomic E-state index is 11.9. The highest BCUT2D eigenvalue weighted by Gasteiger charge is 2.41. The molecule has 0 radical (unpaired) electrons. The van der Waals surface area contributed by atoms with Crippen LogP contribution in [0, 0.1) is 0 Å². The van der Waals surface area contributed by atoms with Gasteiger partial charge in [-0.15, -0.1) is 0 Å². The van der Waals surface area contributed by atoms with Crippen molar-refractivity contribution in [1.82, 2.24) is 0 Å². The molecule has 3 heteroatoms. The lowest BCUT2D eigenvalue weighted by molar-refractivity contribution is -0.858. The highest BCUT2D eigenvalue weighted by molar-refractivity contribution is 5.59. The summed E-state index contributed by atoms with van der Waals surface area (Å²) in [6.07, 6.45) is 2.13. The molecule has 0 unspecified atom stereocenters. The number of carbonyl (C=O) groups excluding carboxylic acids is 1. The summed E-state index contributed by atoms with van der Waals surface area (Å²) in [4.78, 5) is 11.9. The highest BCUT2D eigenvalue weighted by atomic mass is 16.5. The van der Waals surface area contributed by atoms with Crippen LogP contribution in [0.3, 0.4) is 0 Å². The van der Waals surface area contributed by atoms with Crippen molar-refractivity contribution >= 4 is 6.09 Å². The molecule has 0 spiro atoms. The molecule has 3 nitrogen and oxygen atoms in total. The van der Waals surface area contributed by atoms with Crippen molar-refractivity contribution < 1.29 is 14.0 Å². The van der Waals surface area contributed by atoms with Crippen LogP contribution in [0.5, 0.6) is 0 Å². The lowest BCUT2D eigenvalue weighted by Crippen LogP contribution is -2.49. The molecule has 0 saturated carbocycles. The Balaban J connectivity index is 2.18. The molecule has 1 aliphatic rings. The summed E-state index contributed by atoms with van der Waals surface area (Å²) < 4.78 is 5.40. The molecule has 0 N–H and O–H groups in total. The standard InChI is InChI=1S/C13H18NO2/c1-16-13(15)14(9-5-6-10-14)11-12-7-3-2-4-8-12/h2-4,7-8H,5-6,9-11H2,1H3/q+1. The number of rotatable bonds is 2. The molecule has 1 aliphatic heterocycles. The second kappa shape index (κ2) is 4.66. The zero-order valence-corrected chi connectivity index (χ0v) is 9.69. The third-order valence-electron chi connectivity index (χ3n) is 3.31. The van der Waals surface area contributed by atoms with Gasteiger partial charge in [0.2, 0.25) is 0 Å². The first kappa shape index (κ1) is 11.1. The van der Waals surface area contributed by atoms with Crippen LogP contribution < -0.4 is 0 Å². The van der Waals surface area contributed by atoms with E-state index >= 15 is 0 Å². The molecule has 86 valence electrons. The van der Waals surface area contributed by atoms with Gasteiger partial charge in [0.25, 0.3) is 0 Å². The van der Waals surface area contributed by atoms with Crippen LogP contribution in [0.15, 0.2) is 30.3 Å². The summed E-state index contributed by atoms with van der Waals surface area (Å²) in [6, 6.07) is 10.2. The Morgan fingerprint density at radius 2 is 1.88 bits per heavy atom. The second-order valence-corrected chi connectivity index (χ2v) is 4.41. The molecule has 1 amide bonds. The van der Waals surface area contributed by atoms with Gasteiger partial charge in [-0.3, -0.25) is 0 Å². The van der Waals surface area contributed by atoms with Gasteiger partial charge >= 0.3 is 6.09 Å². The predicted molar refractivity (Wildman–Crippen MR) is 61.8 cm³/mol. The van der Waals surface area contributed by atoms with Crippen molar-refractivity contribution in [1.29, 1.82) is 0 Å².